The number of thiophene rings is 1. The van der Waals surface area contributed by atoms with Gasteiger partial charge in [0.05, 0.1) is 11.9 Å². The van der Waals surface area contributed by atoms with E-state index in [1.54, 1.807) is 0 Å². The quantitative estimate of drug-likeness (QED) is 0.296. The first-order chi connectivity index (χ1) is 10.8. The predicted octanol–water partition coefficient (Wildman–Crippen LogP) is -6.16. The van der Waals surface area contributed by atoms with Crippen LogP contribution in [0.4, 0.5) is 0 Å². The zero-order valence-corrected chi connectivity index (χ0v) is 20.6. The van der Waals surface area contributed by atoms with E-state index in [9.17, 15) is 23.9 Å². The van der Waals surface area contributed by atoms with Gasteiger partial charge in [-0.05, 0) is 31.5 Å². The molecule has 2 aliphatic rings. The molecule has 7 nitrogen and oxygen atoms in total. The number of β-lactam (4-membered cyclic amide) rings is 1. The van der Waals surface area contributed by atoms with Crippen LogP contribution in [0.15, 0.2) is 28.5 Å². The van der Waals surface area contributed by atoms with Crippen molar-refractivity contribution < 1.29 is 83.1 Å². The van der Waals surface area contributed by atoms with Crippen molar-refractivity contribution in [3.05, 3.63) is 33.4 Å². The van der Waals surface area contributed by atoms with Crippen LogP contribution in [0.25, 0.3) is 0 Å². The van der Waals surface area contributed by atoms with E-state index in [0.29, 0.717) is 11.3 Å². The molecule has 1 aromatic rings. The van der Waals surface area contributed by atoms with Crippen LogP contribution in [0.5, 0.6) is 0 Å². The Bertz CT molecular complexity index is 737. The molecule has 124 valence electrons. The van der Waals surface area contributed by atoms with Crippen LogP contribution in [0.1, 0.15) is 11.8 Å². The SMILES string of the molecule is CC1=C(P(=O)([O-])[O-])N2C(=O)[C@@H](NC(=O)Cc3cccs3)[C@@H]2SC1.[Na+].[Na+]. The van der Waals surface area contributed by atoms with E-state index in [1.165, 1.54) is 30.0 Å². The average molecular weight is 418 g/mol. The van der Waals surface area contributed by atoms with Gasteiger partial charge in [-0.3, -0.25) is 14.5 Å². The molecule has 0 saturated carbocycles. The van der Waals surface area contributed by atoms with Crippen molar-refractivity contribution in [2.24, 2.45) is 0 Å². The van der Waals surface area contributed by atoms with E-state index in [1.807, 2.05) is 17.5 Å². The van der Waals surface area contributed by atoms with Crippen molar-refractivity contribution in [1.82, 2.24) is 10.2 Å². The van der Waals surface area contributed by atoms with Crippen LogP contribution < -0.4 is 74.2 Å². The fraction of sp³-hybridized carbons (Fsp3) is 0.385. The second kappa shape index (κ2) is 9.39. The van der Waals surface area contributed by atoms with Gasteiger partial charge in [0, 0.05) is 10.6 Å². The van der Waals surface area contributed by atoms with Gasteiger partial charge in [-0.2, -0.15) is 0 Å². The number of nitrogens with one attached hydrogen (secondary N) is 1. The third-order valence-electron chi connectivity index (χ3n) is 3.61. The Morgan fingerprint density at radius 1 is 1.44 bits per heavy atom. The van der Waals surface area contributed by atoms with Gasteiger partial charge in [0.25, 0.3) is 5.91 Å². The van der Waals surface area contributed by atoms with Gasteiger partial charge in [0.2, 0.25) is 5.91 Å². The smallest absolute Gasteiger partial charge is 0.806 e. The van der Waals surface area contributed by atoms with E-state index in [2.05, 4.69) is 5.32 Å². The maximum atomic E-state index is 12.2. The Hall–Kier alpha value is 0.880. The predicted molar refractivity (Wildman–Crippen MR) is 83.4 cm³/mol. The molecule has 1 saturated heterocycles. The molecule has 1 N–H and O–H groups in total. The Morgan fingerprint density at radius 2 is 2.12 bits per heavy atom. The summed E-state index contributed by atoms with van der Waals surface area (Å²) in [5, 5.41) is 3.95. The second-order valence-corrected chi connectivity index (χ2v) is 8.87. The molecule has 0 radical (unpaired) electrons. The van der Waals surface area contributed by atoms with Gasteiger partial charge in [0.15, 0.2) is 0 Å². The van der Waals surface area contributed by atoms with Gasteiger partial charge in [-0.25, -0.2) is 0 Å². The van der Waals surface area contributed by atoms with Crippen molar-refractivity contribution in [3.63, 3.8) is 0 Å². The summed E-state index contributed by atoms with van der Waals surface area (Å²) in [7, 11) is -5.02. The number of fused-ring (bicyclic) bond motifs is 1. The molecule has 2 atom stereocenters. The van der Waals surface area contributed by atoms with E-state index in [4.69, 9.17) is 0 Å². The number of thioether (sulfide) groups is 1. The Balaban J connectivity index is 0.00000156. The van der Waals surface area contributed by atoms with Gasteiger partial charge in [-0.1, -0.05) is 6.07 Å². The molecule has 0 unspecified atom stereocenters. The summed E-state index contributed by atoms with van der Waals surface area (Å²) in [6.45, 7) is 1.52. The first-order valence-corrected chi connectivity index (χ1v) is 10.2. The Kier molecular flexibility index (Phi) is 8.98. The molecule has 3 rings (SSSR count). The monoisotopic (exact) mass is 418 g/mol. The summed E-state index contributed by atoms with van der Waals surface area (Å²) < 4.78 is 11.4. The molecule has 0 spiro atoms. The summed E-state index contributed by atoms with van der Waals surface area (Å²) in [6, 6.07) is 2.87. The topological polar surface area (TPSA) is 113 Å². The van der Waals surface area contributed by atoms with E-state index >= 15 is 0 Å². The minimum Gasteiger partial charge on any atom is -0.806 e. The standard InChI is InChI=1S/C13H15N2O5PS2.2Na/c1-7-6-23-13-10(11(17)15(13)12(7)21(18,19)20)14-9(16)5-8-3-2-4-22-8;;/h2-4,10,13H,5-6H2,1H3,(H,14,16)(H2,18,19,20);;/q;2*+1/p-2/t10-,13+;;/m1../s1. The molecule has 2 aliphatic heterocycles. The van der Waals surface area contributed by atoms with Gasteiger partial charge < -0.3 is 19.7 Å². The fourth-order valence-electron chi connectivity index (χ4n) is 2.63. The van der Waals surface area contributed by atoms with Crippen LogP contribution in [-0.4, -0.2) is 33.9 Å². The van der Waals surface area contributed by atoms with Crippen LogP contribution in [0.3, 0.4) is 0 Å². The number of carbonyl (C=O) groups is 2. The van der Waals surface area contributed by atoms with Crippen LogP contribution in [0.2, 0.25) is 0 Å². The number of amides is 2. The summed E-state index contributed by atoms with van der Waals surface area (Å²) in [5.74, 6) is -0.510. The summed E-state index contributed by atoms with van der Waals surface area (Å²) in [5.41, 5.74) is -0.0636. The van der Waals surface area contributed by atoms with Crippen LogP contribution in [-0.2, 0) is 20.6 Å². The van der Waals surface area contributed by atoms with Crippen molar-refractivity contribution in [1.29, 1.82) is 0 Å². The van der Waals surface area contributed by atoms with Crippen LogP contribution in [0, 0.1) is 0 Å². The number of rotatable bonds is 4. The van der Waals surface area contributed by atoms with Gasteiger partial charge in [-0.15, -0.1) is 23.1 Å². The maximum absolute atomic E-state index is 12.2. The van der Waals surface area contributed by atoms with E-state index in [0.717, 1.165) is 9.78 Å². The van der Waals surface area contributed by atoms with Crippen molar-refractivity contribution >= 4 is 42.5 Å². The van der Waals surface area contributed by atoms with E-state index < -0.39 is 30.4 Å². The first-order valence-electron chi connectivity index (χ1n) is 6.78. The number of hydrogen-bond donors (Lipinski definition) is 1. The molecular weight excluding hydrogens is 405 g/mol. The molecule has 1 fully saturated rings. The molecule has 2 amide bonds. The Morgan fingerprint density at radius 3 is 2.68 bits per heavy atom. The number of carbonyl (C=O) groups excluding carboxylic acids is 2. The summed E-state index contributed by atoms with van der Waals surface area (Å²) in [6.07, 6.45) is 0.169. The van der Waals surface area contributed by atoms with Crippen LogP contribution >= 0.6 is 30.7 Å². The van der Waals surface area contributed by atoms with Crippen molar-refractivity contribution in [2.45, 2.75) is 24.8 Å². The molecule has 0 aromatic carbocycles. The molecule has 0 aliphatic carbocycles. The Labute approximate surface area is 197 Å². The molecule has 12 heteroatoms. The van der Waals surface area contributed by atoms with Gasteiger partial charge in [0.1, 0.15) is 11.4 Å². The largest absolute Gasteiger partial charge is 1.00 e. The number of nitrogens with zero attached hydrogens (tertiary/aromatic N) is 1. The van der Waals surface area contributed by atoms with Crippen molar-refractivity contribution in [3.8, 4) is 0 Å². The zero-order valence-electron chi connectivity index (χ0n) is 14.1. The maximum Gasteiger partial charge on any atom is 1.00 e. The zero-order chi connectivity index (χ0) is 16.8. The molecular formula is C13H13N2Na2O5PS2. The fourth-order valence-corrected chi connectivity index (χ4v) is 5.85. The third-order valence-corrected chi connectivity index (χ3v) is 7.03. The summed E-state index contributed by atoms with van der Waals surface area (Å²) >= 11 is 2.78. The minimum atomic E-state index is -5.02. The molecule has 25 heavy (non-hydrogen) atoms. The van der Waals surface area contributed by atoms with E-state index in [-0.39, 0.29) is 71.4 Å². The molecule has 0 bridgehead atoms. The molecule has 1 aromatic heterocycles. The number of hydrogen-bond acceptors (Lipinski definition) is 7. The van der Waals surface area contributed by atoms with Gasteiger partial charge >= 0.3 is 59.1 Å². The first kappa shape index (κ1) is 23.9. The minimum absolute atomic E-state index is 0. The third kappa shape index (κ3) is 5.03. The summed E-state index contributed by atoms with van der Waals surface area (Å²) in [4.78, 5) is 48.9. The second-order valence-electron chi connectivity index (χ2n) is 5.31. The normalized spacial score (nSPS) is 22.4. The van der Waals surface area contributed by atoms with Crippen molar-refractivity contribution in [2.75, 3.05) is 5.75 Å². The molecule has 3 heterocycles. The average Bonchev–Trinajstić information content (AvgIpc) is 2.96.